The van der Waals surface area contributed by atoms with Gasteiger partial charge >= 0.3 is 0 Å². The van der Waals surface area contributed by atoms with Crippen LogP contribution in [0.5, 0.6) is 0 Å². The van der Waals surface area contributed by atoms with E-state index in [1.54, 1.807) is 11.1 Å². The molecule has 4 rings (SSSR count). The summed E-state index contributed by atoms with van der Waals surface area (Å²) < 4.78 is 0. The van der Waals surface area contributed by atoms with E-state index in [0.29, 0.717) is 0 Å². The molecule has 3 heteroatoms. The highest BCUT2D eigenvalue weighted by atomic mass is 32.2. The van der Waals surface area contributed by atoms with E-state index < -0.39 is 0 Å². The molecule has 1 saturated heterocycles. The quantitative estimate of drug-likeness (QED) is 0.914. The number of nitrogens with one attached hydrogen (secondary N) is 1. The van der Waals surface area contributed by atoms with Crippen molar-refractivity contribution in [3.63, 3.8) is 0 Å². The Bertz CT molecular complexity index is 451. The minimum absolute atomic E-state index is 0.768. The second-order valence-electron chi connectivity index (χ2n) is 6.78. The number of rotatable bonds is 3. The highest BCUT2D eigenvalue weighted by Crippen LogP contribution is 2.40. The fraction of sp³-hybridized carbons (Fsp3) is 0.667. The highest BCUT2D eigenvalue weighted by molar-refractivity contribution is 8.06. The number of fused-ring (bicyclic) bond motifs is 3. The highest BCUT2D eigenvalue weighted by Gasteiger charge is 2.38. The molecule has 3 unspecified atom stereocenters. The molecule has 1 nitrogen and oxygen atoms in total. The first kappa shape index (κ1) is 14.5. The summed E-state index contributed by atoms with van der Waals surface area (Å²) in [5.74, 6) is 5.80. The Hall–Kier alpha value is -0.120. The number of hydrogen-bond donors (Lipinski definition) is 1. The molecule has 0 aromatic heterocycles. The van der Waals surface area contributed by atoms with Gasteiger partial charge in [0.05, 0.1) is 0 Å². The van der Waals surface area contributed by atoms with E-state index in [4.69, 9.17) is 0 Å². The van der Waals surface area contributed by atoms with Crippen molar-refractivity contribution in [2.24, 2.45) is 11.8 Å². The van der Waals surface area contributed by atoms with Crippen LogP contribution in [0.25, 0.3) is 0 Å². The molecule has 1 N–H and O–H groups in total. The predicted molar refractivity (Wildman–Crippen MR) is 95.4 cm³/mol. The van der Waals surface area contributed by atoms with Crippen LogP contribution in [0.2, 0.25) is 0 Å². The molecule has 21 heavy (non-hydrogen) atoms. The van der Waals surface area contributed by atoms with Crippen molar-refractivity contribution in [3.8, 4) is 0 Å². The van der Waals surface area contributed by atoms with Crippen molar-refractivity contribution in [2.45, 2.75) is 37.0 Å². The van der Waals surface area contributed by atoms with Gasteiger partial charge in [0.25, 0.3) is 0 Å². The standard InChI is InChI=1S/C18H25NS2/c1-2-4-14-10-16-6-5-15(9-13(14)3-1)18(16)19-11-17-12-20-7-8-21-17/h1-4,15-19H,5-12H2. The van der Waals surface area contributed by atoms with Crippen molar-refractivity contribution >= 4 is 23.5 Å². The molecule has 2 bridgehead atoms. The Morgan fingerprint density at radius 2 is 1.71 bits per heavy atom. The molecule has 3 aliphatic rings. The van der Waals surface area contributed by atoms with Crippen molar-refractivity contribution < 1.29 is 0 Å². The molecule has 1 aromatic carbocycles. The smallest absolute Gasteiger partial charge is 0.0263 e. The zero-order chi connectivity index (χ0) is 14.1. The minimum Gasteiger partial charge on any atom is -0.312 e. The summed E-state index contributed by atoms with van der Waals surface area (Å²) in [5, 5.41) is 4.84. The minimum atomic E-state index is 0.768. The lowest BCUT2D eigenvalue weighted by molar-refractivity contribution is 0.345. The van der Waals surface area contributed by atoms with Crippen molar-refractivity contribution in [1.82, 2.24) is 5.32 Å². The van der Waals surface area contributed by atoms with Gasteiger partial charge in [0, 0.05) is 35.1 Å². The largest absolute Gasteiger partial charge is 0.312 e. The average Bonchev–Trinajstić information content (AvgIpc) is 2.80. The van der Waals surface area contributed by atoms with Crippen LogP contribution in [0.3, 0.4) is 0 Å². The predicted octanol–water partition coefficient (Wildman–Crippen LogP) is 3.62. The van der Waals surface area contributed by atoms with Crippen LogP contribution in [0.4, 0.5) is 0 Å². The molecule has 0 radical (unpaired) electrons. The second-order valence-corrected chi connectivity index (χ2v) is 9.33. The molecule has 2 fully saturated rings. The van der Waals surface area contributed by atoms with E-state index in [0.717, 1.165) is 23.1 Å². The third-order valence-corrected chi connectivity index (χ3v) is 8.32. The Labute approximate surface area is 137 Å². The SMILES string of the molecule is c1ccc2c(c1)CC1CCC(C2)C1NCC1CSCCS1. The lowest BCUT2D eigenvalue weighted by Gasteiger charge is -2.28. The van der Waals surface area contributed by atoms with Gasteiger partial charge in [0.2, 0.25) is 0 Å². The first-order valence-corrected chi connectivity index (χ1v) is 10.6. The van der Waals surface area contributed by atoms with Crippen LogP contribution in [0.1, 0.15) is 24.0 Å². The van der Waals surface area contributed by atoms with E-state index >= 15 is 0 Å². The van der Waals surface area contributed by atoms with Gasteiger partial charge in [0.15, 0.2) is 0 Å². The molecule has 0 amide bonds. The summed E-state index contributed by atoms with van der Waals surface area (Å²) in [6, 6.07) is 9.93. The van der Waals surface area contributed by atoms with Crippen LogP contribution in [0.15, 0.2) is 24.3 Å². The van der Waals surface area contributed by atoms with Crippen LogP contribution in [-0.4, -0.2) is 35.1 Å². The topological polar surface area (TPSA) is 12.0 Å². The molecule has 0 spiro atoms. The van der Waals surface area contributed by atoms with Crippen LogP contribution >= 0.6 is 23.5 Å². The molecule has 2 aliphatic carbocycles. The van der Waals surface area contributed by atoms with Crippen LogP contribution in [-0.2, 0) is 12.8 Å². The molecular weight excluding hydrogens is 294 g/mol. The Morgan fingerprint density at radius 3 is 2.33 bits per heavy atom. The third-order valence-electron chi connectivity index (χ3n) is 5.47. The third kappa shape index (κ3) is 3.16. The van der Waals surface area contributed by atoms with E-state index in [9.17, 15) is 0 Å². The molecule has 1 heterocycles. The van der Waals surface area contributed by atoms with Gasteiger partial charge in [-0.3, -0.25) is 0 Å². The Morgan fingerprint density at radius 1 is 1.00 bits per heavy atom. The molecular formula is C18H25NS2. The van der Waals surface area contributed by atoms with E-state index in [2.05, 4.69) is 53.1 Å². The normalized spacial score (nSPS) is 35.2. The average molecular weight is 320 g/mol. The van der Waals surface area contributed by atoms with E-state index in [1.807, 2.05) is 0 Å². The maximum absolute atomic E-state index is 3.99. The number of benzene rings is 1. The molecule has 1 aliphatic heterocycles. The molecule has 1 saturated carbocycles. The maximum Gasteiger partial charge on any atom is 0.0263 e. The summed E-state index contributed by atoms with van der Waals surface area (Å²) in [7, 11) is 0. The van der Waals surface area contributed by atoms with Crippen LogP contribution in [0, 0.1) is 11.8 Å². The first-order valence-electron chi connectivity index (χ1n) is 8.39. The van der Waals surface area contributed by atoms with Gasteiger partial charge in [-0.1, -0.05) is 24.3 Å². The van der Waals surface area contributed by atoms with Crippen molar-refractivity contribution in [2.75, 3.05) is 23.8 Å². The van der Waals surface area contributed by atoms with Crippen LogP contribution < -0.4 is 5.32 Å². The maximum atomic E-state index is 3.99. The second kappa shape index (κ2) is 6.55. The summed E-state index contributed by atoms with van der Waals surface area (Å²) in [5.41, 5.74) is 3.25. The fourth-order valence-corrected chi connectivity index (χ4v) is 7.03. The lowest BCUT2D eigenvalue weighted by atomic mass is 9.94. The molecule has 1 aromatic rings. The van der Waals surface area contributed by atoms with Gasteiger partial charge in [-0.15, -0.1) is 0 Å². The zero-order valence-electron chi connectivity index (χ0n) is 12.6. The van der Waals surface area contributed by atoms with E-state index in [1.165, 1.54) is 49.5 Å². The Kier molecular flexibility index (Phi) is 4.52. The number of hydrogen-bond acceptors (Lipinski definition) is 3. The lowest BCUT2D eigenvalue weighted by Crippen LogP contribution is -2.42. The summed E-state index contributed by atoms with van der Waals surface area (Å²) in [4.78, 5) is 0. The summed E-state index contributed by atoms with van der Waals surface area (Å²) >= 11 is 4.32. The van der Waals surface area contributed by atoms with Gasteiger partial charge < -0.3 is 5.32 Å². The Balaban J connectivity index is 1.42. The summed E-state index contributed by atoms with van der Waals surface area (Å²) in [6.45, 7) is 1.23. The number of thioether (sulfide) groups is 2. The van der Waals surface area contributed by atoms with Gasteiger partial charge in [0.1, 0.15) is 0 Å². The van der Waals surface area contributed by atoms with Gasteiger partial charge in [-0.25, -0.2) is 0 Å². The summed E-state index contributed by atoms with van der Waals surface area (Å²) in [6.07, 6.45) is 5.47. The van der Waals surface area contributed by atoms with Crippen molar-refractivity contribution in [3.05, 3.63) is 35.4 Å². The van der Waals surface area contributed by atoms with Gasteiger partial charge in [-0.05, 0) is 48.6 Å². The zero-order valence-corrected chi connectivity index (χ0v) is 14.2. The molecule has 114 valence electrons. The monoisotopic (exact) mass is 319 g/mol. The van der Waals surface area contributed by atoms with Gasteiger partial charge in [-0.2, -0.15) is 23.5 Å². The van der Waals surface area contributed by atoms with Crippen molar-refractivity contribution in [1.29, 1.82) is 0 Å². The molecule has 3 atom stereocenters. The fourth-order valence-electron chi connectivity index (χ4n) is 4.41. The first-order chi connectivity index (χ1) is 10.4. The van der Waals surface area contributed by atoms with E-state index in [-0.39, 0.29) is 0 Å².